The summed E-state index contributed by atoms with van der Waals surface area (Å²) >= 11 is 6.84. The highest BCUT2D eigenvalue weighted by molar-refractivity contribution is 7.21. The molecule has 0 fully saturated rings. The number of aromatic carboxylic acids is 1. The maximum absolute atomic E-state index is 11.5. The summed E-state index contributed by atoms with van der Waals surface area (Å²) in [4.78, 5) is 11.5. The maximum Gasteiger partial charge on any atom is 0.349 e. The average molecular weight is 336 g/mol. The topological polar surface area (TPSA) is 73.5 Å². The van der Waals surface area contributed by atoms with Gasteiger partial charge in [-0.05, 0) is 31.2 Å². The summed E-state index contributed by atoms with van der Waals surface area (Å²) in [6.07, 6.45) is 2.73. The van der Waals surface area contributed by atoms with Crippen molar-refractivity contribution in [1.82, 2.24) is 0 Å². The number of nitrogens with zero attached hydrogens (tertiary/aromatic N) is 1. The van der Waals surface area contributed by atoms with E-state index in [1.54, 1.807) is 31.2 Å². The van der Waals surface area contributed by atoms with Crippen LogP contribution in [0.2, 0.25) is 5.02 Å². The molecule has 0 atom stereocenters. The fourth-order valence-electron chi connectivity index (χ4n) is 2.16. The lowest BCUT2D eigenvalue weighted by molar-refractivity contribution is -0.604. The van der Waals surface area contributed by atoms with Crippen molar-refractivity contribution < 1.29 is 19.4 Å². The molecule has 0 aliphatic rings. The fraction of sp³-hybridized carbons (Fsp3) is 0.0667. The number of rotatable bonds is 3. The van der Waals surface area contributed by atoms with Gasteiger partial charge in [0.05, 0.1) is 5.39 Å². The number of fused-ring (bicyclic) bond motifs is 1. The maximum atomic E-state index is 11.5. The Labute approximate surface area is 134 Å². The van der Waals surface area contributed by atoms with Crippen LogP contribution in [0.4, 0.5) is 0 Å². The molecular weight excluding hydrogens is 326 g/mol. The minimum Gasteiger partial charge on any atom is -0.619 e. The Hall–Kier alpha value is -2.31. The third-order valence-corrected chi connectivity index (χ3v) is 4.42. The third-order valence-electron chi connectivity index (χ3n) is 3.08. The Morgan fingerprint density at radius 3 is 2.64 bits per heavy atom. The number of pyridine rings is 1. The molecule has 0 spiro atoms. The van der Waals surface area contributed by atoms with Gasteiger partial charge in [0, 0.05) is 10.6 Å². The molecule has 112 valence electrons. The van der Waals surface area contributed by atoms with Gasteiger partial charge in [-0.2, -0.15) is 4.73 Å². The van der Waals surface area contributed by atoms with Crippen LogP contribution in [0.3, 0.4) is 0 Å². The third kappa shape index (κ3) is 2.58. The van der Waals surface area contributed by atoms with E-state index in [0.29, 0.717) is 31.2 Å². The van der Waals surface area contributed by atoms with Crippen LogP contribution in [0.15, 0.2) is 36.7 Å². The molecule has 1 aromatic carbocycles. The van der Waals surface area contributed by atoms with Crippen molar-refractivity contribution in [1.29, 1.82) is 0 Å². The van der Waals surface area contributed by atoms with Gasteiger partial charge in [-0.25, -0.2) is 4.79 Å². The van der Waals surface area contributed by atoms with Crippen LogP contribution in [0.1, 0.15) is 15.2 Å². The van der Waals surface area contributed by atoms with Gasteiger partial charge in [0.1, 0.15) is 10.4 Å². The lowest BCUT2D eigenvalue weighted by Crippen LogP contribution is -2.24. The van der Waals surface area contributed by atoms with Crippen molar-refractivity contribution in [3.8, 4) is 11.5 Å². The zero-order valence-corrected chi connectivity index (χ0v) is 12.9. The monoisotopic (exact) mass is 335 g/mol. The van der Waals surface area contributed by atoms with E-state index in [-0.39, 0.29) is 10.6 Å². The van der Waals surface area contributed by atoms with Crippen LogP contribution < -0.4 is 9.47 Å². The minimum absolute atomic E-state index is 0.0549. The molecule has 22 heavy (non-hydrogen) atoms. The SMILES string of the molecule is Cc1c[n+]([O-])cc2sc(C(=O)O)c(Oc3ccc(Cl)cc3)c12. The Kier molecular flexibility index (Phi) is 3.64. The zero-order valence-electron chi connectivity index (χ0n) is 11.4. The summed E-state index contributed by atoms with van der Waals surface area (Å²) in [5.41, 5.74) is 0.653. The number of hydrogen-bond donors (Lipinski definition) is 1. The summed E-state index contributed by atoms with van der Waals surface area (Å²) in [6, 6.07) is 6.63. The van der Waals surface area contributed by atoms with Crippen LogP contribution in [0.25, 0.3) is 10.1 Å². The number of benzene rings is 1. The van der Waals surface area contributed by atoms with Gasteiger partial charge < -0.3 is 15.1 Å². The first-order chi connectivity index (χ1) is 10.5. The first-order valence-corrected chi connectivity index (χ1v) is 7.48. The van der Waals surface area contributed by atoms with E-state index in [1.807, 2.05) is 0 Å². The zero-order chi connectivity index (χ0) is 15.9. The Balaban J connectivity index is 2.19. The number of aromatic nitrogens is 1. The molecule has 7 heteroatoms. The van der Waals surface area contributed by atoms with Crippen LogP contribution in [0.5, 0.6) is 11.5 Å². The molecule has 0 saturated heterocycles. The Bertz CT molecular complexity index is 873. The Morgan fingerprint density at radius 2 is 2.00 bits per heavy atom. The summed E-state index contributed by atoms with van der Waals surface area (Å²) in [5.74, 6) is -0.375. The number of carboxylic acids is 1. The summed E-state index contributed by atoms with van der Waals surface area (Å²) in [7, 11) is 0. The first kappa shape index (κ1) is 14.6. The second-order valence-corrected chi connectivity index (χ2v) is 6.15. The number of carbonyl (C=O) groups is 1. The molecule has 1 N–H and O–H groups in total. The summed E-state index contributed by atoms with van der Waals surface area (Å²) < 4.78 is 6.98. The number of ether oxygens (including phenoxy) is 1. The van der Waals surface area contributed by atoms with Crippen molar-refractivity contribution in [3.63, 3.8) is 0 Å². The smallest absolute Gasteiger partial charge is 0.349 e. The quantitative estimate of drug-likeness (QED) is 0.580. The average Bonchev–Trinajstić information content (AvgIpc) is 2.80. The highest BCUT2D eigenvalue weighted by Crippen LogP contribution is 2.41. The molecule has 0 aliphatic heterocycles. The van der Waals surface area contributed by atoms with Crippen LogP contribution in [0, 0.1) is 12.1 Å². The molecular formula is C15H10ClNO4S. The lowest BCUT2D eigenvalue weighted by atomic mass is 10.2. The van der Waals surface area contributed by atoms with Gasteiger partial charge in [0.25, 0.3) is 0 Å². The van der Waals surface area contributed by atoms with Crippen LogP contribution in [-0.4, -0.2) is 11.1 Å². The Morgan fingerprint density at radius 1 is 1.32 bits per heavy atom. The van der Waals surface area contributed by atoms with Crippen LogP contribution >= 0.6 is 22.9 Å². The van der Waals surface area contributed by atoms with Crippen molar-refractivity contribution in [2.75, 3.05) is 0 Å². The molecule has 0 amide bonds. The normalized spacial score (nSPS) is 10.8. The van der Waals surface area contributed by atoms with Crippen molar-refractivity contribution in [2.24, 2.45) is 0 Å². The van der Waals surface area contributed by atoms with E-state index in [0.717, 1.165) is 11.3 Å². The number of hydrogen-bond acceptors (Lipinski definition) is 4. The lowest BCUT2D eigenvalue weighted by Gasteiger charge is -2.07. The van der Waals surface area contributed by atoms with E-state index in [9.17, 15) is 15.1 Å². The molecule has 3 aromatic rings. The molecule has 0 bridgehead atoms. The minimum atomic E-state index is -1.10. The number of aryl methyl sites for hydroxylation is 1. The molecule has 2 aromatic heterocycles. The summed E-state index contributed by atoms with van der Waals surface area (Å²) in [6.45, 7) is 1.74. The van der Waals surface area contributed by atoms with Gasteiger partial charge in [0.2, 0.25) is 0 Å². The highest BCUT2D eigenvalue weighted by atomic mass is 35.5. The molecule has 0 unspecified atom stereocenters. The first-order valence-electron chi connectivity index (χ1n) is 6.28. The standard InChI is InChI=1S/C15H10ClNO4S/c1-8-6-17(20)7-11-12(8)13(14(22-11)15(18)19)21-10-4-2-9(16)3-5-10/h2-7H,1H3,(H,18,19). The molecule has 0 saturated carbocycles. The van der Waals surface area contributed by atoms with E-state index < -0.39 is 5.97 Å². The number of thiophene rings is 1. The van der Waals surface area contributed by atoms with Gasteiger partial charge in [0.15, 0.2) is 23.0 Å². The molecule has 2 heterocycles. The predicted octanol–water partition coefficient (Wildman–Crippen LogP) is 3.99. The molecule has 5 nitrogen and oxygen atoms in total. The van der Waals surface area contributed by atoms with Gasteiger partial charge >= 0.3 is 5.97 Å². The van der Waals surface area contributed by atoms with Crippen molar-refractivity contribution >= 4 is 39.0 Å². The van der Waals surface area contributed by atoms with Crippen molar-refractivity contribution in [2.45, 2.75) is 6.92 Å². The molecule has 0 radical (unpaired) electrons. The molecule has 0 aliphatic carbocycles. The van der Waals surface area contributed by atoms with E-state index >= 15 is 0 Å². The fourth-order valence-corrected chi connectivity index (χ4v) is 3.35. The van der Waals surface area contributed by atoms with Crippen LogP contribution in [-0.2, 0) is 0 Å². The van der Waals surface area contributed by atoms with Gasteiger partial charge in [-0.15, -0.1) is 11.3 Å². The van der Waals surface area contributed by atoms with E-state index in [4.69, 9.17) is 16.3 Å². The summed E-state index contributed by atoms with van der Waals surface area (Å²) in [5, 5.41) is 22.1. The molecule has 3 rings (SSSR count). The highest BCUT2D eigenvalue weighted by Gasteiger charge is 2.23. The van der Waals surface area contributed by atoms with Gasteiger partial charge in [-0.1, -0.05) is 11.6 Å². The second kappa shape index (κ2) is 5.47. The number of carboxylic acid groups (broad SMARTS) is 1. The van der Waals surface area contributed by atoms with E-state index in [2.05, 4.69) is 0 Å². The second-order valence-electron chi connectivity index (χ2n) is 4.66. The van der Waals surface area contributed by atoms with Crippen molar-refractivity contribution in [3.05, 3.63) is 57.3 Å². The van der Waals surface area contributed by atoms with Gasteiger partial charge in [-0.3, -0.25) is 0 Å². The predicted molar refractivity (Wildman–Crippen MR) is 84.0 cm³/mol. The van der Waals surface area contributed by atoms with E-state index in [1.165, 1.54) is 12.4 Å². The number of halogens is 1. The largest absolute Gasteiger partial charge is 0.619 e.